The minimum atomic E-state index is -4.69. The van der Waals surface area contributed by atoms with Crippen LogP contribution in [0, 0.1) is 0 Å². The van der Waals surface area contributed by atoms with Crippen LogP contribution in [0.5, 0.6) is 5.75 Å². The molecule has 0 aliphatic rings. The van der Waals surface area contributed by atoms with Crippen LogP contribution in [0.3, 0.4) is 0 Å². The lowest BCUT2D eigenvalue weighted by molar-refractivity contribution is -0.274. The van der Waals surface area contributed by atoms with Crippen LogP contribution >= 0.6 is 35.3 Å². The summed E-state index contributed by atoms with van der Waals surface area (Å²) in [5.41, 5.74) is 6.67. The third-order valence-corrected chi connectivity index (χ3v) is 3.84. The molecule has 0 fully saturated rings. The van der Waals surface area contributed by atoms with Crippen molar-refractivity contribution in [2.24, 2.45) is 5.73 Å². The van der Waals surface area contributed by atoms with E-state index in [0.29, 0.717) is 10.6 Å². The molecular formula is C12H10Cl2F3NOS. The van der Waals surface area contributed by atoms with Crippen molar-refractivity contribution in [2.75, 3.05) is 0 Å². The zero-order chi connectivity index (χ0) is 14.0. The van der Waals surface area contributed by atoms with Crippen LogP contribution in [-0.4, -0.2) is 6.36 Å². The highest BCUT2D eigenvalue weighted by Gasteiger charge is 2.31. The van der Waals surface area contributed by atoms with Crippen LogP contribution in [0.2, 0.25) is 5.02 Å². The Morgan fingerprint density at radius 1 is 1.15 bits per heavy atom. The summed E-state index contributed by atoms with van der Waals surface area (Å²) in [5, 5.41) is 2.35. The highest BCUT2D eigenvalue weighted by Crippen LogP contribution is 2.32. The van der Waals surface area contributed by atoms with Gasteiger partial charge in [-0.15, -0.1) is 36.9 Å². The van der Waals surface area contributed by atoms with Crippen LogP contribution < -0.4 is 10.5 Å². The lowest BCUT2D eigenvalue weighted by Crippen LogP contribution is -2.17. The fourth-order valence-electron chi connectivity index (χ4n) is 1.56. The van der Waals surface area contributed by atoms with Crippen molar-refractivity contribution in [3.8, 4) is 5.75 Å². The first-order chi connectivity index (χ1) is 8.87. The number of hydrogen-bond donors (Lipinski definition) is 1. The molecule has 0 radical (unpaired) electrons. The van der Waals surface area contributed by atoms with Gasteiger partial charge < -0.3 is 10.5 Å². The molecule has 1 aromatic carbocycles. The van der Waals surface area contributed by atoms with Gasteiger partial charge in [-0.25, -0.2) is 0 Å². The standard InChI is InChI=1S/C12H9ClF3NOS.ClH/c13-9-5-6-19-11(9)10(17)7-1-3-8(4-2-7)18-12(14,15)16;/h1-6,10H,17H2;1H/t10-;/m0./s1. The first-order valence-electron chi connectivity index (χ1n) is 5.21. The largest absolute Gasteiger partial charge is 0.573 e. The van der Waals surface area contributed by atoms with Gasteiger partial charge >= 0.3 is 6.36 Å². The van der Waals surface area contributed by atoms with Crippen molar-refractivity contribution in [2.45, 2.75) is 12.4 Å². The lowest BCUT2D eigenvalue weighted by Gasteiger charge is -2.13. The second-order valence-corrected chi connectivity index (χ2v) is 5.08. The topological polar surface area (TPSA) is 35.2 Å². The predicted molar refractivity (Wildman–Crippen MR) is 75.7 cm³/mol. The van der Waals surface area contributed by atoms with E-state index in [9.17, 15) is 13.2 Å². The van der Waals surface area contributed by atoms with E-state index in [-0.39, 0.29) is 18.2 Å². The first kappa shape index (κ1) is 17.1. The fourth-order valence-corrected chi connectivity index (χ4v) is 2.76. The van der Waals surface area contributed by atoms with Gasteiger partial charge in [0, 0.05) is 4.88 Å². The van der Waals surface area contributed by atoms with E-state index in [0.717, 1.165) is 4.88 Å². The van der Waals surface area contributed by atoms with Crippen LogP contribution in [-0.2, 0) is 0 Å². The molecule has 0 saturated heterocycles. The fraction of sp³-hybridized carbons (Fsp3) is 0.167. The second-order valence-electron chi connectivity index (χ2n) is 3.73. The molecule has 2 nitrogen and oxygen atoms in total. The molecule has 2 aromatic rings. The molecule has 0 aliphatic heterocycles. The van der Waals surface area contributed by atoms with Crippen LogP contribution in [0.15, 0.2) is 35.7 Å². The van der Waals surface area contributed by atoms with Gasteiger partial charge in [0.2, 0.25) is 0 Å². The maximum Gasteiger partial charge on any atom is 0.573 e. The molecule has 0 spiro atoms. The summed E-state index contributed by atoms with van der Waals surface area (Å²) in [5.74, 6) is -0.277. The van der Waals surface area contributed by atoms with Gasteiger partial charge in [0.25, 0.3) is 0 Å². The summed E-state index contributed by atoms with van der Waals surface area (Å²) >= 11 is 7.36. The Morgan fingerprint density at radius 2 is 1.75 bits per heavy atom. The maximum absolute atomic E-state index is 12.0. The monoisotopic (exact) mass is 343 g/mol. The van der Waals surface area contributed by atoms with Gasteiger partial charge in [-0.1, -0.05) is 23.7 Å². The minimum absolute atomic E-state index is 0. The zero-order valence-corrected chi connectivity index (χ0v) is 12.2. The molecule has 0 saturated carbocycles. The maximum atomic E-state index is 12.0. The van der Waals surface area contributed by atoms with Gasteiger partial charge in [-0.05, 0) is 29.1 Å². The van der Waals surface area contributed by atoms with E-state index in [2.05, 4.69) is 4.74 Å². The van der Waals surface area contributed by atoms with E-state index in [1.54, 1.807) is 11.4 Å². The minimum Gasteiger partial charge on any atom is -0.406 e. The first-order valence-corrected chi connectivity index (χ1v) is 6.47. The van der Waals surface area contributed by atoms with E-state index >= 15 is 0 Å². The van der Waals surface area contributed by atoms with Crippen molar-refractivity contribution >= 4 is 35.3 Å². The molecule has 2 rings (SSSR count). The van der Waals surface area contributed by atoms with Gasteiger partial charge in [0.05, 0.1) is 11.1 Å². The van der Waals surface area contributed by atoms with Crippen molar-refractivity contribution in [3.63, 3.8) is 0 Å². The average molecular weight is 344 g/mol. The van der Waals surface area contributed by atoms with Crippen molar-refractivity contribution in [1.82, 2.24) is 0 Å². The molecule has 8 heteroatoms. The zero-order valence-electron chi connectivity index (χ0n) is 9.86. The Morgan fingerprint density at radius 3 is 2.20 bits per heavy atom. The molecule has 1 aromatic heterocycles. The molecular weight excluding hydrogens is 334 g/mol. The van der Waals surface area contributed by atoms with Gasteiger partial charge in [0.1, 0.15) is 5.75 Å². The summed E-state index contributed by atoms with van der Waals surface area (Å²) in [6, 6.07) is 6.69. The quantitative estimate of drug-likeness (QED) is 0.871. The number of thiophene rings is 1. The molecule has 0 aliphatic carbocycles. The number of rotatable bonds is 3. The van der Waals surface area contributed by atoms with E-state index in [1.807, 2.05) is 0 Å². The van der Waals surface area contributed by atoms with E-state index in [1.165, 1.54) is 35.6 Å². The SMILES string of the molecule is Cl.N[C@@H](c1ccc(OC(F)(F)F)cc1)c1sccc1Cl. The Bertz CT molecular complexity index is 557. The number of alkyl halides is 3. The smallest absolute Gasteiger partial charge is 0.406 e. The van der Waals surface area contributed by atoms with Gasteiger partial charge in [-0.3, -0.25) is 0 Å². The van der Waals surface area contributed by atoms with Crippen molar-refractivity contribution in [1.29, 1.82) is 0 Å². The lowest BCUT2D eigenvalue weighted by atomic mass is 10.1. The number of halogens is 5. The number of benzene rings is 1. The number of nitrogens with two attached hydrogens (primary N) is 1. The summed E-state index contributed by atoms with van der Waals surface area (Å²) in [7, 11) is 0. The molecule has 0 bridgehead atoms. The molecule has 1 heterocycles. The molecule has 1 atom stereocenters. The third kappa shape index (κ3) is 4.28. The van der Waals surface area contributed by atoms with Crippen LogP contribution in [0.1, 0.15) is 16.5 Å². The Labute approximate surface area is 128 Å². The Hall–Kier alpha value is -0.950. The van der Waals surface area contributed by atoms with Crippen molar-refractivity contribution in [3.05, 3.63) is 51.2 Å². The van der Waals surface area contributed by atoms with Gasteiger partial charge in [0.15, 0.2) is 0 Å². The summed E-state index contributed by atoms with van der Waals surface area (Å²) in [4.78, 5) is 0.770. The predicted octanol–water partition coefficient (Wildman–Crippen LogP) is 4.77. The molecule has 0 unspecified atom stereocenters. The highest BCUT2D eigenvalue weighted by molar-refractivity contribution is 7.10. The number of ether oxygens (including phenoxy) is 1. The molecule has 20 heavy (non-hydrogen) atoms. The Balaban J connectivity index is 0.00000200. The van der Waals surface area contributed by atoms with E-state index < -0.39 is 12.4 Å². The van der Waals surface area contributed by atoms with E-state index in [4.69, 9.17) is 17.3 Å². The normalized spacial score (nSPS) is 12.7. The highest BCUT2D eigenvalue weighted by atomic mass is 35.5. The van der Waals surface area contributed by atoms with Crippen LogP contribution in [0.4, 0.5) is 13.2 Å². The van der Waals surface area contributed by atoms with Crippen molar-refractivity contribution < 1.29 is 17.9 Å². The summed E-state index contributed by atoms with van der Waals surface area (Å²) in [6.07, 6.45) is -4.69. The molecule has 2 N–H and O–H groups in total. The Kier molecular flexibility index (Phi) is 5.70. The number of hydrogen-bond acceptors (Lipinski definition) is 3. The van der Waals surface area contributed by atoms with Gasteiger partial charge in [-0.2, -0.15) is 0 Å². The third-order valence-electron chi connectivity index (χ3n) is 2.40. The average Bonchev–Trinajstić information content (AvgIpc) is 2.73. The van der Waals surface area contributed by atoms with Crippen LogP contribution in [0.25, 0.3) is 0 Å². The summed E-state index contributed by atoms with van der Waals surface area (Å²) < 4.78 is 39.8. The summed E-state index contributed by atoms with van der Waals surface area (Å²) in [6.45, 7) is 0. The molecule has 0 amide bonds. The second kappa shape index (κ2) is 6.67. The molecule has 110 valence electrons.